The van der Waals surface area contributed by atoms with Crippen LogP contribution in [0.2, 0.25) is 0 Å². The number of carbonyl (C=O) groups is 1. The van der Waals surface area contributed by atoms with Crippen LogP contribution in [0.5, 0.6) is 0 Å². The fraction of sp³-hybridized carbons (Fsp3) is 0.385. The molecule has 3 rings (SSSR count). The molecule has 0 unspecified atom stereocenters. The summed E-state index contributed by atoms with van der Waals surface area (Å²) in [7, 11) is 0. The van der Waals surface area contributed by atoms with Gasteiger partial charge in [-0.2, -0.15) is 0 Å². The summed E-state index contributed by atoms with van der Waals surface area (Å²) in [5, 5.41) is 2.79. The first-order valence-electron chi connectivity index (χ1n) is 6.52. The zero-order valence-electron chi connectivity index (χ0n) is 11.2. The number of nitrogens with one attached hydrogen (secondary N) is 1. The maximum Gasteiger partial charge on any atom is 0.293 e. The normalized spacial score (nSPS) is 14.6. The van der Waals surface area contributed by atoms with Gasteiger partial charge in [-0.1, -0.05) is 0 Å². The number of anilines is 2. The maximum absolute atomic E-state index is 12.1. The van der Waals surface area contributed by atoms with Crippen molar-refractivity contribution in [3.05, 3.63) is 30.4 Å². The summed E-state index contributed by atoms with van der Waals surface area (Å²) < 4.78 is 5.09. The fourth-order valence-electron chi connectivity index (χ4n) is 2.29. The SMILES string of the molecule is Cc1ncoc1C(=O)Nc1cncnc1N1CCCC1. The van der Waals surface area contributed by atoms with Gasteiger partial charge in [0.2, 0.25) is 5.76 Å². The van der Waals surface area contributed by atoms with Crippen molar-refractivity contribution in [2.75, 3.05) is 23.3 Å². The minimum absolute atomic E-state index is 0.209. The molecule has 0 aliphatic carbocycles. The van der Waals surface area contributed by atoms with Crippen LogP contribution in [-0.4, -0.2) is 33.9 Å². The first-order valence-corrected chi connectivity index (χ1v) is 6.52. The lowest BCUT2D eigenvalue weighted by atomic mass is 10.3. The molecule has 1 fully saturated rings. The van der Waals surface area contributed by atoms with Crippen LogP contribution in [0.3, 0.4) is 0 Å². The molecule has 1 amide bonds. The quantitative estimate of drug-likeness (QED) is 0.914. The van der Waals surface area contributed by atoms with Gasteiger partial charge < -0.3 is 14.6 Å². The molecule has 0 aromatic carbocycles. The average Bonchev–Trinajstić information content (AvgIpc) is 3.10. The predicted molar refractivity (Wildman–Crippen MR) is 72.7 cm³/mol. The summed E-state index contributed by atoms with van der Waals surface area (Å²) >= 11 is 0. The maximum atomic E-state index is 12.1. The van der Waals surface area contributed by atoms with Crippen molar-refractivity contribution >= 4 is 17.4 Å². The van der Waals surface area contributed by atoms with E-state index in [0.717, 1.165) is 31.7 Å². The van der Waals surface area contributed by atoms with Crippen molar-refractivity contribution in [1.82, 2.24) is 15.0 Å². The monoisotopic (exact) mass is 273 g/mol. The molecule has 1 N–H and O–H groups in total. The second kappa shape index (κ2) is 5.28. The zero-order chi connectivity index (χ0) is 13.9. The molecule has 1 saturated heterocycles. The average molecular weight is 273 g/mol. The molecule has 1 aliphatic heterocycles. The highest BCUT2D eigenvalue weighted by Crippen LogP contribution is 2.25. The van der Waals surface area contributed by atoms with E-state index in [1.807, 2.05) is 0 Å². The fourth-order valence-corrected chi connectivity index (χ4v) is 2.29. The van der Waals surface area contributed by atoms with Crippen LogP contribution in [-0.2, 0) is 0 Å². The van der Waals surface area contributed by atoms with Crippen molar-refractivity contribution in [2.24, 2.45) is 0 Å². The third-order valence-electron chi connectivity index (χ3n) is 3.30. The number of hydrogen-bond acceptors (Lipinski definition) is 6. The Morgan fingerprint density at radius 3 is 2.85 bits per heavy atom. The van der Waals surface area contributed by atoms with Gasteiger partial charge in [0.25, 0.3) is 5.91 Å². The highest BCUT2D eigenvalue weighted by molar-refractivity contribution is 6.04. The van der Waals surface area contributed by atoms with Gasteiger partial charge in [0.1, 0.15) is 12.0 Å². The molecule has 0 saturated carbocycles. The number of oxazole rings is 1. The van der Waals surface area contributed by atoms with E-state index in [1.54, 1.807) is 13.1 Å². The molecule has 0 bridgehead atoms. The lowest BCUT2D eigenvalue weighted by Gasteiger charge is -2.19. The summed E-state index contributed by atoms with van der Waals surface area (Å²) in [5.41, 5.74) is 1.15. The first kappa shape index (κ1) is 12.6. The van der Waals surface area contributed by atoms with Crippen molar-refractivity contribution in [1.29, 1.82) is 0 Å². The Labute approximate surface area is 116 Å². The largest absolute Gasteiger partial charge is 0.438 e. The van der Waals surface area contributed by atoms with Gasteiger partial charge in [-0.3, -0.25) is 4.79 Å². The smallest absolute Gasteiger partial charge is 0.293 e. The molecule has 3 heterocycles. The van der Waals surface area contributed by atoms with E-state index in [0.29, 0.717) is 11.4 Å². The van der Waals surface area contributed by atoms with Gasteiger partial charge in [0.05, 0.1) is 11.9 Å². The molecule has 2 aromatic rings. The highest BCUT2D eigenvalue weighted by atomic mass is 16.3. The van der Waals surface area contributed by atoms with E-state index >= 15 is 0 Å². The molecular formula is C13H15N5O2. The summed E-state index contributed by atoms with van der Waals surface area (Å²) in [5.74, 6) is 0.625. The zero-order valence-corrected chi connectivity index (χ0v) is 11.2. The molecule has 20 heavy (non-hydrogen) atoms. The molecule has 0 radical (unpaired) electrons. The third kappa shape index (κ3) is 2.34. The Bertz CT molecular complexity index is 619. The number of nitrogens with zero attached hydrogens (tertiary/aromatic N) is 4. The molecule has 0 atom stereocenters. The van der Waals surface area contributed by atoms with Crippen LogP contribution in [0.1, 0.15) is 29.1 Å². The number of aromatic nitrogens is 3. The molecular weight excluding hydrogens is 258 g/mol. The van der Waals surface area contributed by atoms with Gasteiger partial charge in [-0.05, 0) is 19.8 Å². The summed E-state index contributed by atoms with van der Waals surface area (Å²) in [6, 6.07) is 0. The van der Waals surface area contributed by atoms with Gasteiger partial charge in [0, 0.05) is 13.1 Å². The van der Waals surface area contributed by atoms with Gasteiger partial charge >= 0.3 is 0 Å². The van der Waals surface area contributed by atoms with Crippen LogP contribution in [0.15, 0.2) is 23.3 Å². The molecule has 7 heteroatoms. The Morgan fingerprint density at radius 2 is 2.15 bits per heavy atom. The summed E-state index contributed by atoms with van der Waals surface area (Å²) in [4.78, 5) is 26.4. The highest BCUT2D eigenvalue weighted by Gasteiger charge is 2.20. The first-order chi connectivity index (χ1) is 9.75. The van der Waals surface area contributed by atoms with E-state index in [-0.39, 0.29) is 11.7 Å². The summed E-state index contributed by atoms with van der Waals surface area (Å²) in [6.45, 7) is 3.61. The topological polar surface area (TPSA) is 84.2 Å². The van der Waals surface area contributed by atoms with Crippen LogP contribution >= 0.6 is 0 Å². The van der Waals surface area contributed by atoms with E-state index in [2.05, 4.69) is 25.2 Å². The lowest BCUT2D eigenvalue weighted by Crippen LogP contribution is -2.22. The standard InChI is InChI=1S/C13H15N5O2/c1-9-11(20-8-16-9)13(19)17-10-6-14-7-15-12(10)18-4-2-3-5-18/h6-8H,2-5H2,1H3,(H,17,19). The number of rotatable bonds is 3. The number of aryl methyl sites for hydroxylation is 1. The van der Waals surface area contributed by atoms with Crippen LogP contribution in [0, 0.1) is 6.92 Å². The van der Waals surface area contributed by atoms with Crippen LogP contribution < -0.4 is 10.2 Å². The van der Waals surface area contributed by atoms with Crippen molar-refractivity contribution in [2.45, 2.75) is 19.8 Å². The molecule has 104 valence electrons. The molecule has 0 spiro atoms. The molecule has 2 aromatic heterocycles. The Hall–Kier alpha value is -2.44. The van der Waals surface area contributed by atoms with Crippen molar-refractivity contribution < 1.29 is 9.21 Å². The minimum Gasteiger partial charge on any atom is -0.438 e. The number of amides is 1. The van der Waals surface area contributed by atoms with E-state index < -0.39 is 0 Å². The van der Waals surface area contributed by atoms with E-state index in [9.17, 15) is 4.79 Å². The molecule has 1 aliphatic rings. The van der Waals surface area contributed by atoms with Gasteiger partial charge in [-0.25, -0.2) is 15.0 Å². The second-order valence-corrected chi connectivity index (χ2v) is 4.68. The van der Waals surface area contributed by atoms with Gasteiger partial charge in [0.15, 0.2) is 12.2 Å². The summed E-state index contributed by atoms with van der Waals surface area (Å²) in [6.07, 6.45) is 6.62. The Kier molecular flexibility index (Phi) is 3.32. The van der Waals surface area contributed by atoms with Crippen molar-refractivity contribution in [3.8, 4) is 0 Å². The van der Waals surface area contributed by atoms with Gasteiger partial charge in [-0.15, -0.1) is 0 Å². The van der Waals surface area contributed by atoms with Crippen molar-refractivity contribution in [3.63, 3.8) is 0 Å². The van der Waals surface area contributed by atoms with Crippen LogP contribution in [0.4, 0.5) is 11.5 Å². The third-order valence-corrected chi connectivity index (χ3v) is 3.30. The lowest BCUT2D eigenvalue weighted by molar-refractivity contribution is 0.0996. The number of hydrogen-bond donors (Lipinski definition) is 1. The Balaban J connectivity index is 1.84. The predicted octanol–water partition coefficient (Wildman–Crippen LogP) is 1.63. The number of carbonyl (C=O) groups excluding carboxylic acids is 1. The Morgan fingerprint density at radius 1 is 1.35 bits per heavy atom. The second-order valence-electron chi connectivity index (χ2n) is 4.68. The molecule has 7 nitrogen and oxygen atoms in total. The minimum atomic E-state index is -0.338. The van der Waals surface area contributed by atoms with Crippen LogP contribution in [0.25, 0.3) is 0 Å². The van der Waals surface area contributed by atoms with E-state index in [1.165, 1.54) is 12.7 Å². The van der Waals surface area contributed by atoms with E-state index in [4.69, 9.17) is 4.42 Å².